The van der Waals surface area contributed by atoms with E-state index in [1.165, 1.54) is 0 Å². The van der Waals surface area contributed by atoms with Crippen LogP contribution in [0.15, 0.2) is 18.2 Å². The zero-order chi connectivity index (χ0) is 11.8. The summed E-state index contributed by atoms with van der Waals surface area (Å²) in [5.41, 5.74) is 7.03. The highest BCUT2D eigenvalue weighted by atomic mass is 35.5. The Bertz CT molecular complexity index is 365. The quantitative estimate of drug-likeness (QED) is 0.772. The van der Waals surface area contributed by atoms with Gasteiger partial charge in [-0.15, -0.1) is 0 Å². The average Bonchev–Trinajstić information content (AvgIpc) is 2.20. The van der Waals surface area contributed by atoms with E-state index < -0.39 is 5.92 Å². The summed E-state index contributed by atoms with van der Waals surface area (Å²) in [5, 5.41) is 0.519. The van der Waals surface area contributed by atoms with Crippen LogP contribution >= 0.6 is 11.6 Å². The predicted octanol–water partition coefficient (Wildman–Crippen LogP) is 3.16. The Morgan fingerprint density at radius 2 is 1.88 bits per heavy atom. The van der Waals surface area contributed by atoms with E-state index in [0.29, 0.717) is 29.5 Å². The highest BCUT2D eigenvalue weighted by Gasteiger charge is 2.34. The van der Waals surface area contributed by atoms with Gasteiger partial charge in [-0.1, -0.05) is 17.7 Å². The van der Waals surface area contributed by atoms with Gasteiger partial charge in [-0.05, 0) is 12.1 Å². The molecular weight excluding hydrogens is 234 g/mol. The third-order valence-corrected chi connectivity index (χ3v) is 3.13. The molecule has 5 heteroatoms. The number of rotatable bonds is 1. The minimum absolute atomic E-state index is 0.141. The van der Waals surface area contributed by atoms with Crippen molar-refractivity contribution in [1.82, 2.24) is 0 Å². The van der Waals surface area contributed by atoms with Crippen molar-refractivity contribution in [3.05, 3.63) is 23.2 Å². The number of nitrogen functional groups attached to an aromatic ring is 1. The van der Waals surface area contributed by atoms with Crippen LogP contribution in [0.4, 0.5) is 20.2 Å². The van der Waals surface area contributed by atoms with Gasteiger partial charge in [0.15, 0.2) is 0 Å². The molecule has 1 fully saturated rings. The molecule has 1 aromatic rings. The van der Waals surface area contributed by atoms with Crippen LogP contribution in [-0.2, 0) is 0 Å². The first-order valence-corrected chi connectivity index (χ1v) is 5.54. The number of anilines is 2. The lowest BCUT2D eigenvalue weighted by atomic mass is 10.1. The molecule has 0 radical (unpaired) electrons. The van der Waals surface area contributed by atoms with Crippen LogP contribution in [0.2, 0.25) is 5.02 Å². The van der Waals surface area contributed by atoms with E-state index in [0.717, 1.165) is 0 Å². The molecule has 0 spiro atoms. The van der Waals surface area contributed by atoms with Gasteiger partial charge in [0, 0.05) is 25.9 Å². The second-order valence-electron chi connectivity index (χ2n) is 4.02. The summed E-state index contributed by atoms with van der Waals surface area (Å²) in [6.45, 7) is 0.585. The summed E-state index contributed by atoms with van der Waals surface area (Å²) in [6, 6.07) is 5.20. The predicted molar refractivity (Wildman–Crippen MR) is 62.3 cm³/mol. The molecule has 1 heterocycles. The standard InChI is InChI=1S/C11H13ClF2N2/c12-8-2-1-3-9(15)10(8)16-6-4-11(13,14)5-7-16/h1-3H,4-7,15H2. The lowest BCUT2D eigenvalue weighted by Crippen LogP contribution is -2.39. The molecular formula is C11H13ClF2N2. The highest BCUT2D eigenvalue weighted by molar-refractivity contribution is 6.34. The number of halogens is 3. The Hall–Kier alpha value is -1.03. The summed E-state index contributed by atoms with van der Waals surface area (Å²) in [6.07, 6.45) is -0.282. The second kappa shape index (κ2) is 4.09. The van der Waals surface area contributed by atoms with Crippen molar-refractivity contribution < 1.29 is 8.78 Å². The molecule has 0 saturated carbocycles. The van der Waals surface area contributed by atoms with Gasteiger partial charge in [-0.2, -0.15) is 0 Å². The summed E-state index contributed by atoms with van der Waals surface area (Å²) >= 11 is 6.02. The summed E-state index contributed by atoms with van der Waals surface area (Å²) in [4.78, 5) is 1.83. The van der Waals surface area contributed by atoms with E-state index in [1.807, 2.05) is 4.90 Å². The third-order valence-electron chi connectivity index (χ3n) is 2.83. The van der Waals surface area contributed by atoms with Crippen molar-refractivity contribution in [2.75, 3.05) is 23.7 Å². The van der Waals surface area contributed by atoms with Crippen molar-refractivity contribution in [2.45, 2.75) is 18.8 Å². The average molecular weight is 247 g/mol. The second-order valence-corrected chi connectivity index (χ2v) is 4.43. The van der Waals surface area contributed by atoms with Gasteiger partial charge in [-0.25, -0.2) is 8.78 Å². The van der Waals surface area contributed by atoms with Crippen LogP contribution in [0.5, 0.6) is 0 Å². The van der Waals surface area contributed by atoms with E-state index in [4.69, 9.17) is 17.3 Å². The normalized spacial score (nSPS) is 19.8. The monoisotopic (exact) mass is 246 g/mol. The number of hydrogen-bond acceptors (Lipinski definition) is 2. The molecule has 1 aliphatic heterocycles. The molecule has 1 saturated heterocycles. The number of nitrogens with two attached hydrogens (primary N) is 1. The van der Waals surface area contributed by atoms with E-state index in [-0.39, 0.29) is 12.8 Å². The lowest BCUT2D eigenvalue weighted by Gasteiger charge is -2.34. The van der Waals surface area contributed by atoms with Gasteiger partial charge < -0.3 is 10.6 Å². The molecule has 1 aromatic carbocycles. The maximum Gasteiger partial charge on any atom is 0.251 e. The molecule has 2 nitrogen and oxygen atoms in total. The Balaban J connectivity index is 2.20. The molecule has 0 unspecified atom stereocenters. The van der Waals surface area contributed by atoms with Crippen LogP contribution in [0.25, 0.3) is 0 Å². The van der Waals surface area contributed by atoms with Crippen LogP contribution in [0, 0.1) is 0 Å². The van der Waals surface area contributed by atoms with Gasteiger partial charge in [0.25, 0.3) is 5.92 Å². The van der Waals surface area contributed by atoms with E-state index in [9.17, 15) is 8.78 Å². The maximum absolute atomic E-state index is 13.0. The zero-order valence-electron chi connectivity index (χ0n) is 8.72. The first-order chi connectivity index (χ1) is 7.49. The maximum atomic E-state index is 13.0. The first-order valence-electron chi connectivity index (χ1n) is 5.16. The number of nitrogens with zero attached hydrogens (tertiary/aromatic N) is 1. The number of benzene rings is 1. The molecule has 0 bridgehead atoms. The molecule has 1 aliphatic rings. The number of alkyl halides is 2. The van der Waals surface area contributed by atoms with Crippen LogP contribution in [0.1, 0.15) is 12.8 Å². The van der Waals surface area contributed by atoms with Gasteiger partial charge in [0.2, 0.25) is 0 Å². The Morgan fingerprint density at radius 3 is 2.44 bits per heavy atom. The first kappa shape index (κ1) is 11.5. The van der Waals surface area contributed by atoms with Crippen molar-refractivity contribution in [3.63, 3.8) is 0 Å². The highest BCUT2D eigenvalue weighted by Crippen LogP contribution is 2.36. The zero-order valence-corrected chi connectivity index (χ0v) is 9.47. The van der Waals surface area contributed by atoms with Crippen LogP contribution in [-0.4, -0.2) is 19.0 Å². The summed E-state index contributed by atoms with van der Waals surface area (Å²) in [5.74, 6) is -2.55. The van der Waals surface area contributed by atoms with Crippen molar-refractivity contribution in [2.24, 2.45) is 0 Å². The Morgan fingerprint density at radius 1 is 1.25 bits per heavy atom. The molecule has 0 amide bonds. The fourth-order valence-corrected chi connectivity index (χ4v) is 2.22. The van der Waals surface area contributed by atoms with Crippen molar-refractivity contribution in [3.8, 4) is 0 Å². The molecule has 2 N–H and O–H groups in total. The minimum Gasteiger partial charge on any atom is -0.397 e. The van der Waals surface area contributed by atoms with Crippen molar-refractivity contribution >= 4 is 23.0 Å². The van der Waals surface area contributed by atoms with Crippen LogP contribution < -0.4 is 10.6 Å². The van der Waals surface area contributed by atoms with Gasteiger partial charge in [0.05, 0.1) is 16.4 Å². The fourth-order valence-electron chi connectivity index (χ4n) is 1.92. The fraction of sp³-hybridized carbons (Fsp3) is 0.455. The Labute approximate surface area is 98.0 Å². The van der Waals surface area contributed by atoms with E-state index in [1.54, 1.807) is 18.2 Å². The number of para-hydroxylation sites is 1. The smallest absolute Gasteiger partial charge is 0.251 e. The topological polar surface area (TPSA) is 29.3 Å². The largest absolute Gasteiger partial charge is 0.397 e. The lowest BCUT2D eigenvalue weighted by molar-refractivity contribution is -0.0220. The molecule has 2 rings (SSSR count). The SMILES string of the molecule is Nc1cccc(Cl)c1N1CCC(F)(F)CC1. The molecule has 0 atom stereocenters. The Kier molecular flexibility index (Phi) is 2.93. The third kappa shape index (κ3) is 2.21. The molecule has 0 aromatic heterocycles. The van der Waals surface area contributed by atoms with Crippen LogP contribution in [0.3, 0.4) is 0 Å². The van der Waals surface area contributed by atoms with E-state index >= 15 is 0 Å². The van der Waals surface area contributed by atoms with E-state index in [2.05, 4.69) is 0 Å². The van der Waals surface area contributed by atoms with Crippen molar-refractivity contribution in [1.29, 1.82) is 0 Å². The molecule has 88 valence electrons. The minimum atomic E-state index is -2.55. The number of piperidine rings is 1. The summed E-state index contributed by atoms with van der Waals surface area (Å²) < 4.78 is 26.0. The van der Waals surface area contributed by atoms with Gasteiger partial charge >= 0.3 is 0 Å². The van der Waals surface area contributed by atoms with Gasteiger partial charge in [-0.3, -0.25) is 0 Å². The number of hydrogen-bond donors (Lipinski definition) is 1. The molecule has 16 heavy (non-hydrogen) atoms. The molecule has 0 aliphatic carbocycles. The van der Waals surface area contributed by atoms with Gasteiger partial charge in [0.1, 0.15) is 0 Å². The summed E-state index contributed by atoms with van der Waals surface area (Å²) in [7, 11) is 0.